The number of quaternary nitrogens is 1. The van der Waals surface area contributed by atoms with E-state index in [4.69, 9.17) is 11.6 Å². The van der Waals surface area contributed by atoms with Crippen LogP contribution < -0.4 is 10.6 Å². The normalized spacial score (nSPS) is 15.1. The molecule has 0 spiro atoms. The van der Waals surface area contributed by atoms with Crippen LogP contribution in [-0.4, -0.2) is 18.0 Å². The Morgan fingerprint density at radius 2 is 2.14 bits per heavy atom. The first-order chi connectivity index (χ1) is 9.78. The molecule has 1 rings (SSSR count). The average molecular weight is 309 g/mol. The SMILES string of the molecule is CC(C)[C@@](C)(C#N)NC(=O)C[NH2+][C@@H](C)c1cccc(Cl)c1. The molecule has 0 bridgehead atoms. The van der Waals surface area contributed by atoms with Crippen LogP contribution in [0.4, 0.5) is 0 Å². The van der Waals surface area contributed by atoms with E-state index in [9.17, 15) is 10.1 Å². The van der Waals surface area contributed by atoms with Crippen molar-refractivity contribution in [2.24, 2.45) is 5.92 Å². The zero-order valence-corrected chi connectivity index (χ0v) is 13.7. The molecule has 21 heavy (non-hydrogen) atoms. The molecule has 0 aliphatic carbocycles. The van der Waals surface area contributed by atoms with E-state index in [1.54, 1.807) is 6.92 Å². The Morgan fingerprint density at radius 3 is 2.67 bits per heavy atom. The van der Waals surface area contributed by atoms with Crippen LogP contribution in [0, 0.1) is 17.2 Å². The Bertz CT molecular complexity index is 539. The van der Waals surface area contributed by atoms with Crippen LogP contribution >= 0.6 is 11.6 Å². The maximum Gasteiger partial charge on any atom is 0.276 e. The number of halogens is 1. The number of carbonyl (C=O) groups is 1. The number of hydrogen-bond acceptors (Lipinski definition) is 2. The molecule has 0 saturated carbocycles. The summed E-state index contributed by atoms with van der Waals surface area (Å²) in [7, 11) is 0. The van der Waals surface area contributed by atoms with Crippen molar-refractivity contribution in [3.05, 3.63) is 34.9 Å². The minimum atomic E-state index is -0.829. The van der Waals surface area contributed by atoms with E-state index in [-0.39, 0.29) is 24.4 Å². The molecule has 0 fully saturated rings. The first-order valence-electron chi connectivity index (χ1n) is 7.09. The van der Waals surface area contributed by atoms with Crippen molar-refractivity contribution in [2.45, 2.75) is 39.3 Å². The number of hydrogen-bond donors (Lipinski definition) is 2. The molecule has 0 radical (unpaired) electrons. The second kappa shape index (κ2) is 7.44. The Labute approximate surface area is 131 Å². The molecule has 114 valence electrons. The first-order valence-corrected chi connectivity index (χ1v) is 7.47. The van der Waals surface area contributed by atoms with E-state index in [0.29, 0.717) is 5.02 Å². The number of benzene rings is 1. The Kier molecular flexibility index (Phi) is 6.19. The Balaban J connectivity index is 2.56. The van der Waals surface area contributed by atoms with Gasteiger partial charge in [0.05, 0.1) is 6.07 Å². The molecule has 0 aromatic heterocycles. The van der Waals surface area contributed by atoms with Gasteiger partial charge in [0.15, 0.2) is 6.54 Å². The Morgan fingerprint density at radius 1 is 1.48 bits per heavy atom. The van der Waals surface area contributed by atoms with Crippen LogP contribution in [0.1, 0.15) is 39.3 Å². The van der Waals surface area contributed by atoms with Crippen LogP contribution in [0.2, 0.25) is 5.02 Å². The summed E-state index contributed by atoms with van der Waals surface area (Å²) in [5.74, 6) is -0.0848. The summed E-state index contributed by atoms with van der Waals surface area (Å²) >= 11 is 5.96. The van der Waals surface area contributed by atoms with Crippen molar-refractivity contribution in [2.75, 3.05) is 6.54 Å². The number of nitrogens with zero attached hydrogens (tertiary/aromatic N) is 1. The van der Waals surface area contributed by atoms with E-state index in [0.717, 1.165) is 5.56 Å². The van der Waals surface area contributed by atoms with Gasteiger partial charge in [-0.2, -0.15) is 5.26 Å². The third kappa shape index (κ3) is 5.04. The first kappa shape index (κ1) is 17.5. The molecule has 0 saturated heterocycles. The van der Waals surface area contributed by atoms with Crippen molar-refractivity contribution in [1.82, 2.24) is 5.32 Å². The quantitative estimate of drug-likeness (QED) is 0.844. The number of nitrogens with one attached hydrogen (secondary N) is 1. The molecular weight excluding hydrogens is 286 g/mol. The number of rotatable bonds is 6. The molecular formula is C16H23ClN3O+. The standard InChI is InChI=1S/C16H22ClN3O/c1-11(2)16(4,10-18)20-15(21)9-19-12(3)13-6-5-7-14(17)8-13/h5-8,11-12,19H,9H2,1-4H3,(H,20,21)/p+1/t12-,16+/m0/s1. The van der Waals surface area contributed by atoms with Gasteiger partial charge in [-0.1, -0.05) is 37.6 Å². The molecule has 0 unspecified atom stereocenters. The minimum Gasteiger partial charge on any atom is -0.333 e. The molecule has 0 aliphatic heterocycles. The summed E-state index contributed by atoms with van der Waals surface area (Å²) in [5.41, 5.74) is 0.242. The maximum atomic E-state index is 12.0. The lowest BCUT2D eigenvalue weighted by molar-refractivity contribution is -0.682. The topological polar surface area (TPSA) is 69.5 Å². The van der Waals surface area contributed by atoms with Gasteiger partial charge < -0.3 is 10.6 Å². The Hall–Kier alpha value is -1.57. The lowest BCUT2D eigenvalue weighted by atomic mass is 9.90. The summed E-state index contributed by atoms with van der Waals surface area (Å²) in [4.78, 5) is 12.0. The van der Waals surface area contributed by atoms with Crippen LogP contribution in [0.5, 0.6) is 0 Å². The molecule has 4 nitrogen and oxygen atoms in total. The average Bonchev–Trinajstić information content (AvgIpc) is 2.44. The third-order valence-corrected chi connectivity index (χ3v) is 4.05. The number of nitriles is 1. The monoisotopic (exact) mass is 308 g/mol. The molecule has 3 N–H and O–H groups in total. The van der Waals surface area contributed by atoms with Gasteiger partial charge in [0, 0.05) is 10.6 Å². The van der Waals surface area contributed by atoms with Crippen molar-refractivity contribution in [3.8, 4) is 6.07 Å². The maximum absolute atomic E-state index is 12.0. The number of carbonyl (C=O) groups excluding carboxylic acids is 1. The van der Waals surface area contributed by atoms with E-state index >= 15 is 0 Å². The van der Waals surface area contributed by atoms with Crippen molar-refractivity contribution in [3.63, 3.8) is 0 Å². The molecule has 1 aromatic carbocycles. The van der Waals surface area contributed by atoms with Crippen LogP contribution in [-0.2, 0) is 4.79 Å². The molecule has 1 aromatic rings. The molecule has 5 heteroatoms. The molecule has 2 atom stereocenters. The van der Waals surface area contributed by atoms with Gasteiger partial charge in [-0.25, -0.2) is 0 Å². The molecule has 0 heterocycles. The molecule has 0 aliphatic rings. The number of amides is 1. The van der Waals surface area contributed by atoms with E-state index in [1.165, 1.54) is 0 Å². The predicted molar refractivity (Wildman–Crippen MR) is 83.7 cm³/mol. The fraction of sp³-hybridized carbons (Fsp3) is 0.500. The predicted octanol–water partition coefficient (Wildman–Crippen LogP) is 2.02. The van der Waals surface area contributed by atoms with Gasteiger partial charge in [0.25, 0.3) is 5.91 Å². The van der Waals surface area contributed by atoms with Gasteiger partial charge >= 0.3 is 0 Å². The van der Waals surface area contributed by atoms with Crippen LogP contribution in [0.3, 0.4) is 0 Å². The number of nitrogens with two attached hydrogens (primary N) is 1. The van der Waals surface area contributed by atoms with Crippen molar-refractivity contribution < 1.29 is 10.1 Å². The van der Waals surface area contributed by atoms with Gasteiger partial charge in [-0.05, 0) is 31.9 Å². The highest BCUT2D eigenvalue weighted by molar-refractivity contribution is 6.30. The summed E-state index contributed by atoms with van der Waals surface area (Å²) < 4.78 is 0. The van der Waals surface area contributed by atoms with Gasteiger partial charge in [-0.3, -0.25) is 4.79 Å². The van der Waals surface area contributed by atoms with Gasteiger partial charge in [0.2, 0.25) is 0 Å². The van der Waals surface area contributed by atoms with Gasteiger partial charge in [0.1, 0.15) is 11.6 Å². The minimum absolute atomic E-state index is 0.0526. The second-order valence-corrected chi connectivity index (χ2v) is 6.24. The van der Waals surface area contributed by atoms with Crippen LogP contribution in [0.25, 0.3) is 0 Å². The summed E-state index contributed by atoms with van der Waals surface area (Å²) in [6, 6.07) is 9.90. The van der Waals surface area contributed by atoms with Crippen LogP contribution in [0.15, 0.2) is 24.3 Å². The largest absolute Gasteiger partial charge is 0.333 e. The molecule has 1 amide bonds. The fourth-order valence-corrected chi connectivity index (χ4v) is 2.05. The highest BCUT2D eigenvalue weighted by Gasteiger charge is 2.30. The summed E-state index contributed by atoms with van der Waals surface area (Å²) in [6.07, 6.45) is 0. The zero-order valence-electron chi connectivity index (χ0n) is 13.0. The zero-order chi connectivity index (χ0) is 16.0. The fourth-order valence-electron chi connectivity index (χ4n) is 1.85. The lowest BCUT2D eigenvalue weighted by Crippen LogP contribution is -2.87. The van der Waals surface area contributed by atoms with Crippen molar-refractivity contribution in [1.29, 1.82) is 5.26 Å². The highest BCUT2D eigenvalue weighted by Crippen LogP contribution is 2.15. The third-order valence-electron chi connectivity index (χ3n) is 3.82. The van der Waals surface area contributed by atoms with E-state index in [1.807, 2.05) is 50.4 Å². The lowest BCUT2D eigenvalue weighted by Gasteiger charge is -2.27. The second-order valence-electron chi connectivity index (χ2n) is 5.80. The highest BCUT2D eigenvalue weighted by atomic mass is 35.5. The van der Waals surface area contributed by atoms with Crippen molar-refractivity contribution >= 4 is 17.5 Å². The van der Waals surface area contributed by atoms with E-state index in [2.05, 4.69) is 11.4 Å². The summed E-state index contributed by atoms with van der Waals surface area (Å²) in [5, 5.41) is 14.6. The van der Waals surface area contributed by atoms with E-state index < -0.39 is 5.54 Å². The smallest absolute Gasteiger partial charge is 0.276 e. The summed E-state index contributed by atoms with van der Waals surface area (Å²) in [6.45, 7) is 7.88. The van der Waals surface area contributed by atoms with Gasteiger partial charge in [-0.15, -0.1) is 0 Å².